The first kappa shape index (κ1) is 11.7. The van der Waals surface area contributed by atoms with E-state index in [4.69, 9.17) is 0 Å². The number of aryl methyl sites for hydroxylation is 1. The number of para-hydroxylation sites is 1. The first-order chi connectivity index (χ1) is 9.24. The number of benzene rings is 1. The van der Waals surface area contributed by atoms with Crippen LogP contribution >= 0.6 is 11.3 Å². The summed E-state index contributed by atoms with van der Waals surface area (Å²) in [5, 5.41) is 8.94. The van der Waals surface area contributed by atoms with Gasteiger partial charge in [-0.2, -0.15) is 0 Å². The van der Waals surface area contributed by atoms with Crippen molar-refractivity contribution in [3.05, 3.63) is 42.0 Å². The van der Waals surface area contributed by atoms with Gasteiger partial charge in [-0.15, -0.1) is 11.3 Å². The minimum absolute atomic E-state index is 0.286. The molecule has 0 aliphatic heterocycles. The van der Waals surface area contributed by atoms with E-state index in [1.165, 1.54) is 11.3 Å². The maximum Gasteiger partial charge on any atom is 0.325 e. The Morgan fingerprint density at radius 2 is 2.16 bits per heavy atom. The third-order valence-electron chi connectivity index (χ3n) is 2.80. The number of amides is 2. The molecule has 0 aliphatic rings. The fraction of sp³-hybridized carbons (Fsp3) is 0.0769. The molecule has 19 heavy (non-hydrogen) atoms. The SMILES string of the molecule is Cn1cc(NC(=O)Nc2nccs2)c2ccccc21. The predicted molar refractivity (Wildman–Crippen MR) is 77.7 cm³/mol. The monoisotopic (exact) mass is 272 g/mol. The zero-order valence-corrected chi connectivity index (χ0v) is 11.1. The molecule has 96 valence electrons. The van der Waals surface area contributed by atoms with E-state index >= 15 is 0 Å². The van der Waals surface area contributed by atoms with Crippen LogP contribution in [-0.2, 0) is 7.05 Å². The molecule has 2 aromatic heterocycles. The highest BCUT2D eigenvalue weighted by Gasteiger charge is 2.09. The Balaban J connectivity index is 1.83. The van der Waals surface area contributed by atoms with Crippen LogP contribution in [0.5, 0.6) is 0 Å². The fourth-order valence-electron chi connectivity index (χ4n) is 1.98. The van der Waals surface area contributed by atoms with Crippen LogP contribution in [0.1, 0.15) is 0 Å². The molecular formula is C13H12N4OS. The topological polar surface area (TPSA) is 59.0 Å². The number of aromatic nitrogens is 2. The molecular weight excluding hydrogens is 260 g/mol. The van der Waals surface area contributed by atoms with E-state index in [1.54, 1.807) is 6.20 Å². The van der Waals surface area contributed by atoms with Crippen molar-refractivity contribution in [3.8, 4) is 0 Å². The van der Waals surface area contributed by atoms with E-state index in [1.807, 2.05) is 47.5 Å². The van der Waals surface area contributed by atoms with E-state index in [0.717, 1.165) is 16.6 Å². The van der Waals surface area contributed by atoms with Crippen molar-refractivity contribution in [2.75, 3.05) is 10.6 Å². The Morgan fingerprint density at radius 3 is 2.95 bits per heavy atom. The summed E-state index contributed by atoms with van der Waals surface area (Å²) in [6.07, 6.45) is 3.55. The lowest BCUT2D eigenvalue weighted by atomic mass is 10.2. The maximum atomic E-state index is 11.9. The average molecular weight is 272 g/mol. The maximum absolute atomic E-state index is 11.9. The Hall–Kier alpha value is -2.34. The molecule has 0 unspecified atom stereocenters. The second-order valence-corrected chi connectivity index (χ2v) is 4.98. The van der Waals surface area contributed by atoms with Gasteiger partial charge in [-0.05, 0) is 6.07 Å². The summed E-state index contributed by atoms with van der Waals surface area (Å²) >= 11 is 1.38. The summed E-state index contributed by atoms with van der Waals surface area (Å²) in [7, 11) is 1.95. The second-order valence-electron chi connectivity index (χ2n) is 4.09. The van der Waals surface area contributed by atoms with Crippen LogP contribution in [0.2, 0.25) is 0 Å². The molecule has 0 bridgehead atoms. The summed E-state index contributed by atoms with van der Waals surface area (Å²) < 4.78 is 1.98. The van der Waals surface area contributed by atoms with Crippen molar-refractivity contribution < 1.29 is 4.79 Å². The van der Waals surface area contributed by atoms with Crippen LogP contribution < -0.4 is 10.6 Å². The lowest BCUT2D eigenvalue weighted by Gasteiger charge is -2.03. The summed E-state index contributed by atoms with van der Waals surface area (Å²) in [4.78, 5) is 15.9. The second kappa shape index (κ2) is 4.74. The van der Waals surface area contributed by atoms with Gasteiger partial charge in [-0.1, -0.05) is 18.2 Å². The van der Waals surface area contributed by atoms with E-state index < -0.39 is 0 Å². The fourth-order valence-corrected chi connectivity index (χ4v) is 2.50. The Kier molecular flexibility index (Phi) is 2.92. The van der Waals surface area contributed by atoms with Crippen molar-refractivity contribution in [3.63, 3.8) is 0 Å². The zero-order chi connectivity index (χ0) is 13.2. The van der Waals surface area contributed by atoms with Crippen LogP contribution in [0.3, 0.4) is 0 Å². The first-order valence-corrected chi connectivity index (χ1v) is 6.63. The highest BCUT2D eigenvalue weighted by molar-refractivity contribution is 7.13. The molecule has 0 aliphatic carbocycles. The van der Waals surface area contributed by atoms with Gasteiger partial charge in [0.05, 0.1) is 5.69 Å². The van der Waals surface area contributed by atoms with Gasteiger partial charge < -0.3 is 9.88 Å². The molecule has 0 radical (unpaired) electrons. The van der Waals surface area contributed by atoms with Gasteiger partial charge in [-0.25, -0.2) is 9.78 Å². The van der Waals surface area contributed by atoms with Gasteiger partial charge in [-0.3, -0.25) is 5.32 Å². The van der Waals surface area contributed by atoms with Crippen molar-refractivity contribution in [1.29, 1.82) is 0 Å². The van der Waals surface area contributed by atoms with Crippen LogP contribution in [0, 0.1) is 0 Å². The molecule has 2 heterocycles. The van der Waals surface area contributed by atoms with Gasteiger partial charge in [0.2, 0.25) is 0 Å². The Morgan fingerprint density at radius 1 is 1.32 bits per heavy atom. The van der Waals surface area contributed by atoms with Gasteiger partial charge in [0, 0.05) is 35.7 Å². The largest absolute Gasteiger partial charge is 0.348 e. The number of nitrogens with one attached hydrogen (secondary N) is 2. The molecule has 0 saturated carbocycles. The highest BCUT2D eigenvalue weighted by atomic mass is 32.1. The van der Waals surface area contributed by atoms with Crippen LogP contribution in [-0.4, -0.2) is 15.6 Å². The van der Waals surface area contributed by atoms with Crippen molar-refractivity contribution in [2.24, 2.45) is 7.05 Å². The Bertz CT molecular complexity index is 717. The highest BCUT2D eigenvalue weighted by Crippen LogP contribution is 2.25. The summed E-state index contributed by atoms with van der Waals surface area (Å²) in [5.74, 6) is 0. The number of hydrogen-bond acceptors (Lipinski definition) is 3. The van der Waals surface area contributed by atoms with E-state index in [-0.39, 0.29) is 6.03 Å². The van der Waals surface area contributed by atoms with Gasteiger partial charge in [0.15, 0.2) is 5.13 Å². The predicted octanol–water partition coefficient (Wildman–Crippen LogP) is 3.28. The molecule has 6 heteroatoms. The van der Waals surface area contributed by atoms with Crippen molar-refractivity contribution in [2.45, 2.75) is 0 Å². The number of nitrogens with zero attached hydrogens (tertiary/aromatic N) is 2. The zero-order valence-electron chi connectivity index (χ0n) is 10.3. The van der Waals surface area contributed by atoms with Gasteiger partial charge in [0.1, 0.15) is 0 Å². The van der Waals surface area contributed by atoms with Gasteiger partial charge in [0.25, 0.3) is 0 Å². The number of urea groups is 1. The minimum Gasteiger partial charge on any atom is -0.348 e. The van der Waals surface area contributed by atoms with Gasteiger partial charge >= 0.3 is 6.03 Å². The molecule has 5 nitrogen and oxygen atoms in total. The third-order valence-corrected chi connectivity index (χ3v) is 3.49. The molecule has 0 saturated heterocycles. The van der Waals surface area contributed by atoms with Crippen LogP contribution in [0.25, 0.3) is 10.9 Å². The smallest absolute Gasteiger partial charge is 0.325 e. The quantitative estimate of drug-likeness (QED) is 0.752. The van der Waals surface area contributed by atoms with Crippen molar-refractivity contribution in [1.82, 2.24) is 9.55 Å². The Labute approximate surface area is 113 Å². The lowest BCUT2D eigenvalue weighted by Crippen LogP contribution is -2.19. The number of anilines is 2. The molecule has 0 spiro atoms. The van der Waals surface area contributed by atoms with E-state index in [0.29, 0.717) is 5.13 Å². The molecule has 2 N–H and O–H groups in total. The van der Waals surface area contributed by atoms with Crippen LogP contribution in [0.15, 0.2) is 42.0 Å². The number of rotatable bonds is 2. The lowest BCUT2D eigenvalue weighted by molar-refractivity contribution is 0.262. The molecule has 3 aromatic rings. The van der Waals surface area contributed by atoms with Crippen LogP contribution in [0.4, 0.5) is 15.6 Å². The van der Waals surface area contributed by atoms with E-state index in [2.05, 4.69) is 15.6 Å². The summed E-state index contributed by atoms with van der Waals surface area (Å²) in [6, 6.07) is 7.63. The number of thiazole rings is 1. The summed E-state index contributed by atoms with van der Waals surface area (Å²) in [6.45, 7) is 0. The minimum atomic E-state index is -0.286. The van der Waals surface area contributed by atoms with E-state index in [9.17, 15) is 4.79 Å². The third kappa shape index (κ3) is 2.30. The first-order valence-electron chi connectivity index (χ1n) is 5.75. The number of fused-ring (bicyclic) bond motifs is 1. The molecule has 3 rings (SSSR count). The molecule has 1 aromatic carbocycles. The average Bonchev–Trinajstić information content (AvgIpc) is 3.00. The number of hydrogen-bond donors (Lipinski definition) is 2. The van der Waals surface area contributed by atoms with Crippen molar-refractivity contribution >= 4 is 39.1 Å². The molecule has 2 amide bonds. The number of carbonyl (C=O) groups excluding carboxylic acids is 1. The standard InChI is InChI=1S/C13H12N4OS/c1-17-8-10(9-4-2-3-5-11(9)17)15-12(18)16-13-14-6-7-19-13/h2-8H,1H3,(H2,14,15,16,18). The summed E-state index contributed by atoms with van der Waals surface area (Å²) in [5.41, 5.74) is 1.86. The molecule has 0 atom stereocenters. The molecule has 0 fully saturated rings. The normalized spacial score (nSPS) is 10.6. The number of carbonyl (C=O) groups is 1.